The summed E-state index contributed by atoms with van der Waals surface area (Å²) < 4.78 is 4.69. The molecule has 1 heterocycles. The van der Waals surface area contributed by atoms with Crippen LogP contribution in [0.5, 0.6) is 0 Å². The minimum Gasteiger partial charge on any atom is -0.465 e. The van der Waals surface area contributed by atoms with Crippen molar-refractivity contribution in [1.82, 2.24) is 4.90 Å². The number of ether oxygens (including phenoxy) is 1. The summed E-state index contributed by atoms with van der Waals surface area (Å²) in [6.45, 7) is 1.08. The fourth-order valence-corrected chi connectivity index (χ4v) is 4.02. The summed E-state index contributed by atoms with van der Waals surface area (Å²) in [5.74, 6) is -0.414. The van der Waals surface area contributed by atoms with E-state index in [1.165, 1.54) is 13.2 Å². The van der Waals surface area contributed by atoms with Crippen LogP contribution in [0.3, 0.4) is 0 Å². The molecule has 1 aliphatic heterocycles. The second-order valence-corrected chi connectivity index (χ2v) is 7.27. The van der Waals surface area contributed by atoms with Gasteiger partial charge in [0.25, 0.3) is 0 Å². The van der Waals surface area contributed by atoms with E-state index < -0.39 is 11.6 Å². The highest BCUT2D eigenvalue weighted by Gasteiger charge is 2.43. The van der Waals surface area contributed by atoms with Crippen molar-refractivity contribution >= 4 is 29.3 Å². The van der Waals surface area contributed by atoms with Crippen molar-refractivity contribution < 1.29 is 19.4 Å². The molecule has 136 valence electrons. The van der Waals surface area contributed by atoms with Crippen molar-refractivity contribution in [3.05, 3.63) is 28.8 Å². The van der Waals surface area contributed by atoms with Gasteiger partial charge in [0.15, 0.2) is 0 Å². The first-order chi connectivity index (χ1) is 11.9. The van der Waals surface area contributed by atoms with Gasteiger partial charge in [0.1, 0.15) is 0 Å². The zero-order chi connectivity index (χ0) is 18.0. The lowest BCUT2D eigenvalue weighted by molar-refractivity contribution is -0.0863. The van der Waals surface area contributed by atoms with Crippen LogP contribution in [0.4, 0.5) is 10.5 Å². The van der Waals surface area contributed by atoms with Gasteiger partial charge in [-0.1, -0.05) is 24.4 Å². The van der Waals surface area contributed by atoms with Gasteiger partial charge in [-0.05, 0) is 37.5 Å². The summed E-state index contributed by atoms with van der Waals surface area (Å²) >= 11 is 6.00. The molecule has 1 saturated carbocycles. The van der Waals surface area contributed by atoms with E-state index in [9.17, 15) is 14.7 Å². The number of amides is 2. The Balaban J connectivity index is 1.68. The zero-order valence-corrected chi connectivity index (χ0v) is 15.0. The third-order valence-corrected chi connectivity index (χ3v) is 5.67. The van der Waals surface area contributed by atoms with E-state index >= 15 is 0 Å². The minimum atomic E-state index is -0.618. The Hall–Kier alpha value is -1.79. The van der Waals surface area contributed by atoms with Crippen LogP contribution in [0.15, 0.2) is 18.2 Å². The van der Waals surface area contributed by atoms with Gasteiger partial charge in [-0.15, -0.1) is 0 Å². The SMILES string of the molecule is COC(=O)c1cc(NC(=O)N2CC[C@@]3(O)CCCC[C@H]3C2)ccc1Cl. The molecular weight excluding hydrogens is 344 g/mol. The number of fused-ring (bicyclic) bond motifs is 1. The van der Waals surface area contributed by atoms with Crippen LogP contribution in [-0.2, 0) is 4.74 Å². The number of rotatable bonds is 2. The molecule has 2 N–H and O–H groups in total. The summed E-state index contributed by atoms with van der Waals surface area (Å²) in [6, 6.07) is 4.48. The molecule has 1 aromatic carbocycles. The highest BCUT2D eigenvalue weighted by atomic mass is 35.5. The Morgan fingerprint density at radius 3 is 2.92 bits per heavy atom. The van der Waals surface area contributed by atoms with Crippen molar-refractivity contribution in [1.29, 1.82) is 0 Å². The van der Waals surface area contributed by atoms with E-state index in [2.05, 4.69) is 10.1 Å². The molecule has 1 saturated heterocycles. The molecule has 1 aromatic rings. The smallest absolute Gasteiger partial charge is 0.339 e. The predicted molar refractivity (Wildman–Crippen MR) is 94.9 cm³/mol. The van der Waals surface area contributed by atoms with Gasteiger partial charge in [0.05, 0.1) is 23.3 Å². The predicted octanol–water partition coefficient (Wildman–Crippen LogP) is 3.29. The molecule has 0 bridgehead atoms. The summed E-state index contributed by atoms with van der Waals surface area (Å²) in [5.41, 5.74) is 0.0782. The fourth-order valence-electron chi connectivity index (χ4n) is 3.83. The quantitative estimate of drug-likeness (QED) is 0.787. The van der Waals surface area contributed by atoms with Gasteiger partial charge >= 0.3 is 12.0 Å². The number of hydrogen-bond acceptors (Lipinski definition) is 4. The Morgan fingerprint density at radius 2 is 2.16 bits per heavy atom. The van der Waals surface area contributed by atoms with Gasteiger partial charge in [0, 0.05) is 24.7 Å². The van der Waals surface area contributed by atoms with Gasteiger partial charge < -0.3 is 20.1 Å². The van der Waals surface area contributed by atoms with Gasteiger partial charge in [0.2, 0.25) is 0 Å². The summed E-state index contributed by atoms with van der Waals surface area (Å²) in [5, 5.41) is 13.8. The molecular formula is C18H23ClN2O4. The highest BCUT2D eigenvalue weighted by molar-refractivity contribution is 6.33. The number of urea groups is 1. The number of piperidine rings is 1. The summed E-state index contributed by atoms with van der Waals surface area (Å²) in [7, 11) is 1.28. The Bertz CT molecular complexity index is 681. The molecule has 2 atom stereocenters. The Kier molecular flexibility index (Phi) is 5.20. The molecule has 0 radical (unpaired) electrons. The summed E-state index contributed by atoms with van der Waals surface area (Å²) in [4.78, 5) is 26.0. The molecule has 2 amide bonds. The van der Waals surface area contributed by atoms with Crippen LogP contribution >= 0.6 is 11.6 Å². The van der Waals surface area contributed by atoms with Crippen LogP contribution < -0.4 is 5.32 Å². The minimum absolute atomic E-state index is 0.136. The van der Waals surface area contributed by atoms with Crippen molar-refractivity contribution in [3.63, 3.8) is 0 Å². The number of benzene rings is 1. The molecule has 2 aliphatic rings. The van der Waals surface area contributed by atoms with Gasteiger partial charge in [-0.2, -0.15) is 0 Å². The highest BCUT2D eigenvalue weighted by Crippen LogP contribution is 2.39. The van der Waals surface area contributed by atoms with Crippen molar-refractivity contribution in [2.75, 3.05) is 25.5 Å². The second kappa shape index (κ2) is 7.22. The molecule has 0 unspecified atom stereocenters. The van der Waals surface area contributed by atoms with E-state index in [1.54, 1.807) is 17.0 Å². The third-order valence-electron chi connectivity index (χ3n) is 5.34. The number of halogens is 1. The number of likely N-dealkylation sites (tertiary alicyclic amines) is 1. The molecule has 7 heteroatoms. The molecule has 6 nitrogen and oxygen atoms in total. The van der Waals surface area contributed by atoms with Crippen molar-refractivity contribution in [2.45, 2.75) is 37.7 Å². The second-order valence-electron chi connectivity index (χ2n) is 6.86. The first-order valence-corrected chi connectivity index (χ1v) is 8.97. The summed E-state index contributed by atoms with van der Waals surface area (Å²) in [6.07, 6.45) is 4.54. The van der Waals surface area contributed by atoms with Gasteiger partial charge in [-0.25, -0.2) is 9.59 Å². The number of methoxy groups -OCH3 is 1. The van der Waals surface area contributed by atoms with Gasteiger partial charge in [-0.3, -0.25) is 0 Å². The topological polar surface area (TPSA) is 78.9 Å². The lowest BCUT2D eigenvalue weighted by atomic mass is 9.71. The number of carbonyl (C=O) groups is 2. The molecule has 0 aromatic heterocycles. The first kappa shape index (κ1) is 18.0. The number of esters is 1. The number of hydrogen-bond donors (Lipinski definition) is 2. The Morgan fingerprint density at radius 1 is 1.36 bits per heavy atom. The number of anilines is 1. The lowest BCUT2D eigenvalue weighted by Gasteiger charge is -2.47. The van der Waals surface area contributed by atoms with E-state index in [4.69, 9.17) is 11.6 Å². The number of carbonyl (C=O) groups excluding carboxylic acids is 2. The van der Waals surface area contributed by atoms with E-state index in [-0.39, 0.29) is 22.5 Å². The Labute approximate surface area is 152 Å². The molecule has 3 rings (SSSR count). The van der Waals surface area contributed by atoms with Crippen LogP contribution in [0.2, 0.25) is 5.02 Å². The van der Waals surface area contributed by atoms with Crippen LogP contribution in [0, 0.1) is 5.92 Å². The zero-order valence-electron chi connectivity index (χ0n) is 14.3. The van der Waals surface area contributed by atoms with Crippen LogP contribution in [0.25, 0.3) is 0 Å². The lowest BCUT2D eigenvalue weighted by Crippen LogP contribution is -2.55. The molecule has 2 fully saturated rings. The van der Waals surface area contributed by atoms with E-state index in [0.717, 1.165) is 25.7 Å². The van der Waals surface area contributed by atoms with E-state index in [1.807, 2.05) is 0 Å². The first-order valence-electron chi connectivity index (χ1n) is 8.59. The standard InChI is InChI=1S/C18H23ClN2O4/c1-25-16(22)14-10-13(5-6-15(14)19)20-17(23)21-9-8-18(24)7-3-2-4-12(18)11-21/h5-6,10,12,24H,2-4,7-9,11H2,1H3,(H,20,23)/t12-,18-/m0/s1. The number of nitrogens with zero attached hydrogens (tertiary/aromatic N) is 1. The van der Waals surface area contributed by atoms with E-state index in [0.29, 0.717) is 25.2 Å². The maximum absolute atomic E-state index is 12.6. The fraction of sp³-hybridized carbons (Fsp3) is 0.556. The average Bonchev–Trinajstić information content (AvgIpc) is 2.61. The maximum atomic E-state index is 12.6. The van der Waals surface area contributed by atoms with Crippen molar-refractivity contribution in [2.24, 2.45) is 5.92 Å². The van der Waals surface area contributed by atoms with Crippen LogP contribution in [-0.4, -0.2) is 47.8 Å². The molecule has 0 spiro atoms. The maximum Gasteiger partial charge on any atom is 0.339 e. The average molecular weight is 367 g/mol. The molecule has 25 heavy (non-hydrogen) atoms. The molecule has 1 aliphatic carbocycles. The number of nitrogens with one attached hydrogen (secondary N) is 1. The number of aliphatic hydroxyl groups is 1. The largest absolute Gasteiger partial charge is 0.465 e. The normalized spacial score (nSPS) is 25.9. The van der Waals surface area contributed by atoms with Crippen LogP contribution in [0.1, 0.15) is 42.5 Å². The monoisotopic (exact) mass is 366 g/mol. The van der Waals surface area contributed by atoms with Crippen molar-refractivity contribution in [3.8, 4) is 0 Å². The third kappa shape index (κ3) is 3.75.